The minimum Gasteiger partial charge on any atom is -0.497 e. The van der Waals surface area contributed by atoms with Crippen LogP contribution in [0.15, 0.2) is 65.5 Å². The largest absolute Gasteiger partial charge is 0.497 e. The zero-order chi connectivity index (χ0) is 24.8. The highest BCUT2D eigenvalue weighted by Gasteiger charge is 2.35. The van der Waals surface area contributed by atoms with Gasteiger partial charge in [0.15, 0.2) is 0 Å². The molecule has 9 heteroatoms. The van der Waals surface area contributed by atoms with E-state index in [9.17, 15) is 14.4 Å². The van der Waals surface area contributed by atoms with Gasteiger partial charge in [-0.05, 0) is 49.4 Å². The van der Waals surface area contributed by atoms with Gasteiger partial charge < -0.3 is 19.7 Å². The predicted molar refractivity (Wildman–Crippen MR) is 132 cm³/mol. The predicted octanol–water partition coefficient (Wildman–Crippen LogP) is 2.49. The summed E-state index contributed by atoms with van der Waals surface area (Å²) in [5.41, 5.74) is 1.95. The average molecular weight is 477 g/mol. The normalized spacial score (nSPS) is 15.2. The van der Waals surface area contributed by atoms with Crippen LogP contribution in [0.3, 0.4) is 0 Å². The molecule has 2 amide bonds. The van der Waals surface area contributed by atoms with Crippen molar-refractivity contribution in [2.75, 3.05) is 31.7 Å². The number of methoxy groups -OCH3 is 1. The summed E-state index contributed by atoms with van der Waals surface area (Å²) in [6.07, 6.45) is 0.133. The molecule has 1 atom stereocenters. The number of rotatable bonds is 9. The molecule has 4 rings (SSSR count). The molecule has 0 spiro atoms. The van der Waals surface area contributed by atoms with Gasteiger partial charge in [0.1, 0.15) is 11.5 Å². The van der Waals surface area contributed by atoms with Gasteiger partial charge in [-0.2, -0.15) is 5.10 Å². The molecule has 1 N–H and O–H groups in total. The lowest BCUT2D eigenvalue weighted by Gasteiger charge is -2.17. The molecule has 9 nitrogen and oxygen atoms in total. The quantitative estimate of drug-likeness (QED) is 0.509. The number of nitrogens with zero attached hydrogens (tertiary/aromatic N) is 3. The first-order valence-electron chi connectivity index (χ1n) is 11.5. The van der Waals surface area contributed by atoms with Crippen LogP contribution < -0.4 is 25.2 Å². The van der Waals surface area contributed by atoms with E-state index in [0.717, 1.165) is 11.3 Å². The Hall–Kier alpha value is -4.14. The lowest BCUT2D eigenvalue weighted by molar-refractivity contribution is -0.126. The number of hydrogen-bond acceptors (Lipinski definition) is 6. The molecule has 0 bridgehead atoms. The second-order valence-electron chi connectivity index (χ2n) is 8.14. The van der Waals surface area contributed by atoms with Crippen molar-refractivity contribution >= 4 is 17.5 Å². The van der Waals surface area contributed by atoms with Crippen molar-refractivity contribution in [3.05, 3.63) is 71.0 Å². The molecular formula is C26H28N4O5. The molecule has 1 fully saturated rings. The number of carbonyl (C=O) groups is 2. The lowest BCUT2D eigenvalue weighted by Crippen LogP contribution is -2.36. The van der Waals surface area contributed by atoms with Gasteiger partial charge >= 0.3 is 0 Å². The molecule has 0 radical (unpaired) electrons. The topological polar surface area (TPSA) is 103 Å². The standard InChI is InChI=1S/C26H28N4O5/c1-3-35-21-9-7-18(8-10-21)23-11-12-24(31)30(28-23)14-13-27-26(33)19-15-25(32)29(17-19)20-5-4-6-22(16-20)34-2/h4-12,16,19H,3,13-15,17H2,1-2H3,(H,27,33). The number of aromatic nitrogens is 2. The minimum atomic E-state index is -0.464. The molecular weight excluding hydrogens is 448 g/mol. The van der Waals surface area contributed by atoms with Crippen LogP contribution in [0.5, 0.6) is 11.5 Å². The SMILES string of the molecule is CCOc1ccc(-c2ccc(=O)n(CCNC(=O)C3CC(=O)N(c4cccc(OC)c4)C3)n2)cc1. The number of amides is 2. The lowest BCUT2D eigenvalue weighted by atomic mass is 10.1. The van der Waals surface area contributed by atoms with Gasteiger partial charge in [-0.15, -0.1) is 0 Å². The zero-order valence-electron chi connectivity index (χ0n) is 19.8. The fraction of sp³-hybridized carbons (Fsp3) is 0.308. The van der Waals surface area contributed by atoms with Gasteiger partial charge in [0, 0.05) is 42.9 Å². The van der Waals surface area contributed by atoms with Crippen molar-refractivity contribution in [2.24, 2.45) is 5.92 Å². The third-order valence-corrected chi connectivity index (χ3v) is 5.81. The van der Waals surface area contributed by atoms with Crippen molar-refractivity contribution in [1.82, 2.24) is 15.1 Å². The monoisotopic (exact) mass is 476 g/mol. The van der Waals surface area contributed by atoms with Crippen molar-refractivity contribution < 1.29 is 19.1 Å². The Bertz CT molecular complexity index is 1260. The first-order chi connectivity index (χ1) is 17.0. The fourth-order valence-corrected chi connectivity index (χ4v) is 3.99. The third-order valence-electron chi connectivity index (χ3n) is 5.81. The summed E-state index contributed by atoms with van der Waals surface area (Å²) in [5.74, 6) is 0.614. The maximum absolute atomic E-state index is 12.7. The fourth-order valence-electron chi connectivity index (χ4n) is 3.99. The van der Waals surface area contributed by atoms with Crippen LogP contribution in [0.25, 0.3) is 11.3 Å². The van der Waals surface area contributed by atoms with Crippen molar-refractivity contribution in [1.29, 1.82) is 0 Å². The van der Waals surface area contributed by atoms with Gasteiger partial charge in [-0.1, -0.05) is 6.07 Å². The molecule has 1 aromatic heterocycles. The summed E-state index contributed by atoms with van der Waals surface area (Å²) < 4.78 is 12.0. The maximum Gasteiger partial charge on any atom is 0.266 e. The van der Waals surface area contributed by atoms with Gasteiger partial charge in [-0.25, -0.2) is 4.68 Å². The molecule has 3 aromatic rings. The highest BCUT2D eigenvalue weighted by Crippen LogP contribution is 2.28. The van der Waals surface area contributed by atoms with Crippen molar-refractivity contribution in [3.8, 4) is 22.8 Å². The van der Waals surface area contributed by atoms with Crippen LogP contribution in [0.1, 0.15) is 13.3 Å². The van der Waals surface area contributed by atoms with Gasteiger partial charge in [0.25, 0.3) is 5.56 Å². The summed E-state index contributed by atoms with van der Waals surface area (Å²) in [6.45, 7) is 3.24. The third kappa shape index (κ3) is 5.68. The van der Waals surface area contributed by atoms with Crippen LogP contribution in [0, 0.1) is 5.92 Å². The first kappa shape index (κ1) is 24.0. The summed E-state index contributed by atoms with van der Waals surface area (Å²) in [6, 6.07) is 17.8. The molecule has 2 aromatic carbocycles. The second kappa shape index (κ2) is 10.9. The van der Waals surface area contributed by atoms with Crippen LogP contribution in [-0.4, -0.2) is 48.4 Å². The Labute approximate surface area is 203 Å². The molecule has 0 aliphatic carbocycles. The molecule has 2 heterocycles. The Balaban J connectivity index is 1.35. The highest BCUT2D eigenvalue weighted by molar-refractivity contribution is 6.00. The Morgan fingerprint density at radius 1 is 1.09 bits per heavy atom. The van der Waals surface area contributed by atoms with Crippen LogP contribution in [0.4, 0.5) is 5.69 Å². The van der Waals surface area contributed by atoms with Gasteiger partial charge in [-0.3, -0.25) is 14.4 Å². The number of carbonyl (C=O) groups excluding carboxylic acids is 2. The summed E-state index contributed by atoms with van der Waals surface area (Å²) in [4.78, 5) is 39.1. The molecule has 182 valence electrons. The van der Waals surface area contributed by atoms with Gasteiger partial charge in [0.05, 0.1) is 31.9 Å². The summed E-state index contributed by atoms with van der Waals surface area (Å²) in [5, 5.41) is 7.27. The van der Waals surface area contributed by atoms with E-state index < -0.39 is 5.92 Å². The highest BCUT2D eigenvalue weighted by atomic mass is 16.5. The Morgan fingerprint density at radius 3 is 2.63 bits per heavy atom. The van der Waals surface area contributed by atoms with E-state index in [2.05, 4.69) is 10.4 Å². The van der Waals surface area contributed by atoms with E-state index in [-0.39, 0.29) is 36.9 Å². The van der Waals surface area contributed by atoms with Crippen molar-refractivity contribution in [3.63, 3.8) is 0 Å². The Kier molecular flexibility index (Phi) is 7.45. The molecule has 1 aliphatic heterocycles. The summed E-state index contributed by atoms with van der Waals surface area (Å²) >= 11 is 0. The average Bonchev–Trinajstić information content (AvgIpc) is 3.27. The molecule has 35 heavy (non-hydrogen) atoms. The number of benzene rings is 2. The number of hydrogen-bond donors (Lipinski definition) is 1. The molecule has 0 saturated carbocycles. The smallest absolute Gasteiger partial charge is 0.266 e. The van der Waals surface area contributed by atoms with E-state index in [0.29, 0.717) is 30.3 Å². The van der Waals surface area contributed by atoms with E-state index in [1.54, 1.807) is 36.3 Å². The first-order valence-corrected chi connectivity index (χ1v) is 11.5. The van der Waals surface area contributed by atoms with Crippen LogP contribution in [-0.2, 0) is 16.1 Å². The number of anilines is 1. The van der Waals surface area contributed by atoms with Crippen LogP contribution in [0.2, 0.25) is 0 Å². The number of nitrogens with one attached hydrogen (secondary N) is 1. The van der Waals surface area contributed by atoms with Crippen LogP contribution >= 0.6 is 0 Å². The van der Waals surface area contributed by atoms with E-state index in [1.807, 2.05) is 37.3 Å². The minimum absolute atomic E-state index is 0.112. The van der Waals surface area contributed by atoms with E-state index in [1.165, 1.54) is 10.7 Å². The number of ether oxygens (including phenoxy) is 2. The van der Waals surface area contributed by atoms with E-state index in [4.69, 9.17) is 9.47 Å². The van der Waals surface area contributed by atoms with Gasteiger partial charge in [0.2, 0.25) is 11.8 Å². The van der Waals surface area contributed by atoms with E-state index >= 15 is 0 Å². The molecule has 1 saturated heterocycles. The molecule has 1 aliphatic rings. The maximum atomic E-state index is 12.7. The second-order valence-corrected chi connectivity index (χ2v) is 8.14. The molecule has 1 unspecified atom stereocenters. The summed E-state index contributed by atoms with van der Waals surface area (Å²) in [7, 11) is 1.56. The Morgan fingerprint density at radius 2 is 1.89 bits per heavy atom. The zero-order valence-corrected chi connectivity index (χ0v) is 19.8. The van der Waals surface area contributed by atoms with Crippen molar-refractivity contribution in [2.45, 2.75) is 19.9 Å².